The Bertz CT molecular complexity index is 528. The molecule has 0 spiro atoms. The fourth-order valence-electron chi connectivity index (χ4n) is 2.06. The van der Waals surface area contributed by atoms with Crippen LogP contribution in [0.15, 0.2) is 18.2 Å². The Labute approximate surface area is 124 Å². The number of nitrogens with zero attached hydrogens (tertiary/aromatic N) is 1. The van der Waals surface area contributed by atoms with Gasteiger partial charge in [-0.2, -0.15) is 0 Å². The van der Waals surface area contributed by atoms with E-state index in [9.17, 15) is 14.7 Å². The van der Waals surface area contributed by atoms with Gasteiger partial charge in [0.15, 0.2) is 5.75 Å². The van der Waals surface area contributed by atoms with Crippen LogP contribution in [0, 0.1) is 5.92 Å². The van der Waals surface area contributed by atoms with E-state index >= 15 is 0 Å². The fourth-order valence-corrected chi connectivity index (χ4v) is 2.06. The van der Waals surface area contributed by atoms with Gasteiger partial charge >= 0.3 is 12.0 Å². The summed E-state index contributed by atoms with van der Waals surface area (Å²) in [5.41, 5.74) is -0.158. The lowest BCUT2D eigenvalue weighted by Crippen LogP contribution is -2.38. The number of rotatable bonds is 5. The van der Waals surface area contributed by atoms with Crippen LogP contribution in [0.1, 0.15) is 37.6 Å². The second kappa shape index (κ2) is 6.97. The molecule has 0 aliphatic rings. The number of para-hydroxylation sites is 1. The molecule has 0 saturated carbocycles. The van der Waals surface area contributed by atoms with Crippen molar-refractivity contribution in [2.45, 2.75) is 33.2 Å². The Balaban J connectivity index is 2.84. The first-order chi connectivity index (χ1) is 9.73. The first-order valence-corrected chi connectivity index (χ1v) is 6.83. The molecule has 0 aromatic heterocycles. The molecular formula is C15H22N2O4. The third-order valence-corrected chi connectivity index (χ3v) is 3.30. The van der Waals surface area contributed by atoms with Gasteiger partial charge in [0, 0.05) is 13.1 Å². The number of hydrogen-bond acceptors (Lipinski definition) is 3. The highest BCUT2D eigenvalue weighted by Gasteiger charge is 2.19. The van der Waals surface area contributed by atoms with Crippen LogP contribution in [0.3, 0.4) is 0 Å². The lowest BCUT2D eigenvalue weighted by molar-refractivity contribution is 0.0693. The summed E-state index contributed by atoms with van der Waals surface area (Å²) in [6.07, 6.45) is 0.852. The zero-order valence-electron chi connectivity index (χ0n) is 12.8. The van der Waals surface area contributed by atoms with Gasteiger partial charge in [0.1, 0.15) is 5.56 Å². The minimum atomic E-state index is -1.25. The van der Waals surface area contributed by atoms with Gasteiger partial charge in [-0.3, -0.25) is 0 Å². The maximum absolute atomic E-state index is 12.1. The van der Waals surface area contributed by atoms with Crippen LogP contribution >= 0.6 is 0 Å². The molecule has 3 N–H and O–H groups in total. The molecule has 1 aromatic rings. The number of aromatic carboxylic acids is 1. The topological polar surface area (TPSA) is 89.9 Å². The molecule has 2 amide bonds. The van der Waals surface area contributed by atoms with Crippen molar-refractivity contribution in [1.82, 2.24) is 4.90 Å². The largest absolute Gasteiger partial charge is 0.505 e. The molecule has 0 saturated heterocycles. The number of urea groups is 1. The van der Waals surface area contributed by atoms with Gasteiger partial charge in [-0.15, -0.1) is 0 Å². The predicted molar refractivity (Wildman–Crippen MR) is 80.8 cm³/mol. The van der Waals surface area contributed by atoms with E-state index in [1.165, 1.54) is 23.1 Å². The Morgan fingerprint density at radius 1 is 1.29 bits per heavy atom. The second-order valence-electron chi connectivity index (χ2n) is 5.53. The number of carbonyl (C=O) groups excluding carboxylic acids is 1. The van der Waals surface area contributed by atoms with Crippen molar-refractivity contribution >= 4 is 17.7 Å². The van der Waals surface area contributed by atoms with Gasteiger partial charge in [-0.1, -0.05) is 19.9 Å². The summed E-state index contributed by atoms with van der Waals surface area (Å²) in [6.45, 7) is 6.09. The summed E-state index contributed by atoms with van der Waals surface area (Å²) >= 11 is 0. The van der Waals surface area contributed by atoms with Crippen molar-refractivity contribution in [2.75, 3.05) is 12.4 Å². The minimum absolute atomic E-state index is 0.0369. The molecular weight excluding hydrogens is 272 g/mol. The molecule has 1 unspecified atom stereocenters. The second-order valence-corrected chi connectivity index (χ2v) is 5.53. The predicted octanol–water partition coefficient (Wildman–Crippen LogP) is 2.99. The molecule has 6 heteroatoms. The first-order valence-electron chi connectivity index (χ1n) is 6.83. The lowest BCUT2D eigenvalue weighted by Gasteiger charge is -2.26. The Morgan fingerprint density at radius 3 is 2.43 bits per heavy atom. The normalized spacial score (nSPS) is 12.0. The first kappa shape index (κ1) is 16.8. The standard InChI is InChI=1S/C15H22N2O4/c1-9(2)8-10(3)17(4)15(21)16-12-7-5-6-11(13(12)18)14(19)20/h5-7,9-10,18H,8H2,1-4H3,(H,16,21)(H,19,20). The van der Waals surface area contributed by atoms with Gasteiger partial charge in [0.25, 0.3) is 0 Å². The van der Waals surface area contributed by atoms with Crippen molar-refractivity contribution < 1.29 is 19.8 Å². The lowest BCUT2D eigenvalue weighted by atomic mass is 10.0. The number of phenols is 1. The van der Waals surface area contributed by atoms with Crippen LogP contribution < -0.4 is 5.32 Å². The van der Waals surface area contributed by atoms with E-state index in [4.69, 9.17) is 5.11 Å². The van der Waals surface area contributed by atoms with Crippen LogP contribution in [0.25, 0.3) is 0 Å². The molecule has 0 aliphatic carbocycles. The number of anilines is 1. The van der Waals surface area contributed by atoms with Crippen LogP contribution in [0.5, 0.6) is 5.75 Å². The van der Waals surface area contributed by atoms with Crippen molar-refractivity contribution in [1.29, 1.82) is 0 Å². The third-order valence-electron chi connectivity index (χ3n) is 3.30. The molecule has 1 rings (SSSR count). The molecule has 1 atom stereocenters. The van der Waals surface area contributed by atoms with Gasteiger partial charge < -0.3 is 20.4 Å². The van der Waals surface area contributed by atoms with E-state index in [2.05, 4.69) is 19.2 Å². The molecule has 1 aromatic carbocycles. The number of carboxylic acid groups (broad SMARTS) is 1. The minimum Gasteiger partial charge on any atom is -0.505 e. The molecule has 0 radical (unpaired) electrons. The summed E-state index contributed by atoms with van der Waals surface area (Å²) in [5.74, 6) is -1.23. The highest BCUT2D eigenvalue weighted by Crippen LogP contribution is 2.27. The zero-order chi connectivity index (χ0) is 16.2. The average Bonchev–Trinajstić information content (AvgIpc) is 2.38. The van der Waals surface area contributed by atoms with Gasteiger partial charge in [0.2, 0.25) is 0 Å². The molecule has 116 valence electrons. The molecule has 21 heavy (non-hydrogen) atoms. The van der Waals surface area contributed by atoms with E-state index in [0.717, 1.165) is 6.42 Å². The summed E-state index contributed by atoms with van der Waals surface area (Å²) in [4.78, 5) is 24.6. The summed E-state index contributed by atoms with van der Waals surface area (Å²) in [7, 11) is 1.67. The van der Waals surface area contributed by atoms with Crippen LogP contribution in [-0.4, -0.2) is 40.2 Å². The third kappa shape index (κ3) is 4.37. The fraction of sp³-hybridized carbons (Fsp3) is 0.467. The maximum atomic E-state index is 12.1. The Morgan fingerprint density at radius 2 is 1.90 bits per heavy atom. The summed E-state index contributed by atoms with van der Waals surface area (Å²) in [5, 5.41) is 21.3. The molecule has 6 nitrogen and oxygen atoms in total. The van der Waals surface area contributed by atoms with Crippen LogP contribution in [-0.2, 0) is 0 Å². The Hall–Kier alpha value is -2.24. The molecule has 0 aliphatic heterocycles. The van der Waals surface area contributed by atoms with E-state index in [0.29, 0.717) is 5.92 Å². The van der Waals surface area contributed by atoms with Crippen LogP contribution in [0.4, 0.5) is 10.5 Å². The van der Waals surface area contributed by atoms with E-state index in [1.807, 2.05) is 6.92 Å². The van der Waals surface area contributed by atoms with E-state index in [1.54, 1.807) is 7.05 Å². The van der Waals surface area contributed by atoms with Crippen molar-refractivity contribution in [3.05, 3.63) is 23.8 Å². The Kier molecular flexibility index (Phi) is 5.58. The van der Waals surface area contributed by atoms with E-state index < -0.39 is 11.7 Å². The quantitative estimate of drug-likeness (QED) is 0.728. The van der Waals surface area contributed by atoms with Crippen molar-refractivity contribution in [3.8, 4) is 5.75 Å². The molecule has 0 fully saturated rings. The van der Waals surface area contributed by atoms with Gasteiger partial charge in [0.05, 0.1) is 5.69 Å². The zero-order valence-corrected chi connectivity index (χ0v) is 12.8. The van der Waals surface area contributed by atoms with E-state index in [-0.39, 0.29) is 23.3 Å². The monoisotopic (exact) mass is 294 g/mol. The highest BCUT2D eigenvalue weighted by atomic mass is 16.4. The SMILES string of the molecule is CC(C)CC(C)N(C)C(=O)Nc1cccc(C(=O)O)c1O. The number of amides is 2. The maximum Gasteiger partial charge on any atom is 0.339 e. The number of aromatic hydroxyl groups is 1. The molecule has 0 heterocycles. The number of benzene rings is 1. The number of carbonyl (C=O) groups is 2. The average molecular weight is 294 g/mol. The molecule has 0 bridgehead atoms. The van der Waals surface area contributed by atoms with Gasteiger partial charge in [-0.25, -0.2) is 9.59 Å². The number of carboxylic acids is 1. The number of nitrogens with one attached hydrogen (secondary N) is 1. The number of hydrogen-bond donors (Lipinski definition) is 3. The summed E-state index contributed by atoms with van der Waals surface area (Å²) < 4.78 is 0. The van der Waals surface area contributed by atoms with Crippen LogP contribution in [0.2, 0.25) is 0 Å². The van der Waals surface area contributed by atoms with Crippen molar-refractivity contribution in [3.63, 3.8) is 0 Å². The van der Waals surface area contributed by atoms with Gasteiger partial charge in [-0.05, 0) is 31.4 Å². The highest BCUT2D eigenvalue weighted by molar-refractivity contribution is 5.97. The summed E-state index contributed by atoms with van der Waals surface area (Å²) in [6, 6.07) is 3.85. The smallest absolute Gasteiger partial charge is 0.339 e. The van der Waals surface area contributed by atoms with Crippen molar-refractivity contribution in [2.24, 2.45) is 5.92 Å².